The van der Waals surface area contributed by atoms with Crippen LogP contribution >= 0.6 is 0 Å². The number of methoxy groups -OCH3 is 1. The second-order valence-corrected chi connectivity index (χ2v) is 7.35. The Hall–Kier alpha value is -3.45. The third-order valence-electron chi connectivity index (χ3n) is 5.26. The summed E-state index contributed by atoms with van der Waals surface area (Å²) in [5.74, 6) is -0.148. The van der Waals surface area contributed by atoms with Crippen LogP contribution in [0.2, 0.25) is 0 Å². The fraction of sp³-hybridized carbons (Fsp3) is 0.292. The SMILES string of the molecule is COCCNC(=O)[C@H](C)OC(=O)c1c2c(nc3ccccc13)/C(=C/c1ccco1)CC2. The molecule has 31 heavy (non-hydrogen) atoms. The summed E-state index contributed by atoms with van der Waals surface area (Å²) in [7, 11) is 1.55. The lowest BCUT2D eigenvalue weighted by Crippen LogP contribution is -2.37. The molecule has 7 heteroatoms. The van der Waals surface area contributed by atoms with E-state index in [-0.39, 0.29) is 5.91 Å². The number of allylic oxidation sites excluding steroid dienone is 1. The first-order valence-corrected chi connectivity index (χ1v) is 10.2. The number of hydrogen-bond donors (Lipinski definition) is 1. The highest BCUT2D eigenvalue weighted by Gasteiger charge is 2.29. The highest BCUT2D eigenvalue weighted by atomic mass is 16.5. The molecule has 1 atom stereocenters. The van der Waals surface area contributed by atoms with Crippen molar-refractivity contribution in [3.63, 3.8) is 0 Å². The summed E-state index contributed by atoms with van der Waals surface area (Å²) in [4.78, 5) is 30.2. The number of ether oxygens (including phenoxy) is 2. The zero-order chi connectivity index (χ0) is 21.8. The minimum Gasteiger partial charge on any atom is -0.465 e. The Morgan fingerprint density at radius 1 is 1.23 bits per heavy atom. The number of nitrogens with zero attached hydrogens (tertiary/aromatic N) is 1. The molecule has 1 aromatic carbocycles. The van der Waals surface area contributed by atoms with E-state index in [0.29, 0.717) is 30.7 Å². The third-order valence-corrected chi connectivity index (χ3v) is 5.26. The first-order valence-electron chi connectivity index (χ1n) is 10.2. The van der Waals surface area contributed by atoms with Crippen LogP contribution in [0.1, 0.15) is 40.7 Å². The van der Waals surface area contributed by atoms with Crippen molar-refractivity contribution in [1.82, 2.24) is 10.3 Å². The van der Waals surface area contributed by atoms with Crippen LogP contribution < -0.4 is 5.32 Å². The number of para-hydroxylation sites is 1. The van der Waals surface area contributed by atoms with Crippen LogP contribution in [0.5, 0.6) is 0 Å². The molecule has 0 radical (unpaired) electrons. The Labute approximate surface area is 180 Å². The summed E-state index contributed by atoms with van der Waals surface area (Å²) >= 11 is 0. The minimum atomic E-state index is -0.925. The number of amides is 1. The van der Waals surface area contributed by atoms with E-state index in [4.69, 9.17) is 18.9 Å². The maximum Gasteiger partial charge on any atom is 0.339 e. The van der Waals surface area contributed by atoms with Gasteiger partial charge in [0.05, 0.1) is 29.6 Å². The smallest absolute Gasteiger partial charge is 0.339 e. The summed E-state index contributed by atoms with van der Waals surface area (Å²) in [6.07, 6.45) is 4.06. The van der Waals surface area contributed by atoms with Gasteiger partial charge in [-0.1, -0.05) is 18.2 Å². The lowest BCUT2D eigenvalue weighted by molar-refractivity contribution is -0.129. The molecular formula is C24H24N2O5. The van der Waals surface area contributed by atoms with Crippen molar-refractivity contribution in [2.75, 3.05) is 20.3 Å². The van der Waals surface area contributed by atoms with Gasteiger partial charge in [-0.2, -0.15) is 0 Å². The van der Waals surface area contributed by atoms with Crippen LogP contribution in [0.4, 0.5) is 0 Å². The fourth-order valence-corrected chi connectivity index (χ4v) is 3.75. The number of carbonyl (C=O) groups excluding carboxylic acids is 2. The zero-order valence-electron chi connectivity index (χ0n) is 17.5. The molecule has 3 aromatic rings. The van der Waals surface area contributed by atoms with E-state index in [1.165, 1.54) is 0 Å². The molecule has 0 aliphatic heterocycles. The summed E-state index contributed by atoms with van der Waals surface area (Å²) in [6, 6.07) is 11.2. The summed E-state index contributed by atoms with van der Waals surface area (Å²) in [5, 5.41) is 3.41. The number of esters is 1. The number of rotatable bonds is 7. The van der Waals surface area contributed by atoms with Crippen molar-refractivity contribution in [3.8, 4) is 0 Å². The van der Waals surface area contributed by atoms with E-state index >= 15 is 0 Å². The highest BCUT2D eigenvalue weighted by Crippen LogP contribution is 2.37. The second-order valence-electron chi connectivity index (χ2n) is 7.35. The number of benzene rings is 1. The highest BCUT2D eigenvalue weighted by molar-refractivity contribution is 6.07. The average Bonchev–Trinajstić information content (AvgIpc) is 3.42. The molecule has 0 spiro atoms. The monoisotopic (exact) mass is 420 g/mol. The number of furan rings is 1. The van der Waals surface area contributed by atoms with Crippen LogP contribution in [-0.4, -0.2) is 43.2 Å². The predicted octanol–water partition coefficient (Wildman–Crippen LogP) is 3.62. The van der Waals surface area contributed by atoms with E-state index in [2.05, 4.69) is 5.32 Å². The Bertz CT molecular complexity index is 1130. The van der Waals surface area contributed by atoms with Crippen LogP contribution in [0, 0.1) is 0 Å². The molecule has 0 unspecified atom stereocenters. The number of nitrogens with one attached hydrogen (secondary N) is 1. The van der Waals surface area contributed by atoms with Crippen LogP contribution in [0.25, 0.3) is 22.6 Å². The van der Waals surface area contributed by atoms with Gasteiger partial charge in [0, 0.05) is 19.0 Å². The van der Waals surface area contributed by atoms with E-state index in [1.54, 1.807) is 20.3 Å². The molecular weight excluding hydrogens is 396 g/mol. The molecule has 4 rings (SSSR count). The number of fused-ring (bicyclic) bond motifs is 2. The molecule has 1 N–H and O–H groups in total. The van der Waals surface area contributed by atoms with E-state index in [0.717, 1.165) is 34.4 Å². The Balaban J connectivity index is 1.68. The second kappa shape index (κ2) is 9.14. The Kier molecular flexibility index (Phi) is 6.13. The number of aromatic nitrogens is 1. The first kappa shape index (κ1) is 20.8. The van der Waals surface area contributed by atoms with Crippen molar-refractivity contribution in [3.05, 3.63) is 65.2 Å². The molecule has 2 heterocycles. The van der Waals surface area contributed by atoms with Gasteiger partial charge in [-0.15, -0.1) is 0 Å². The normalized spacial score (nSPS) is 15.1. The molecule has 7 nitrogen and oxygen atoms in total. The third kappa shape index (κ3) is 4.36. The Morgan fingerprint density at radius 3 is 2.84 bits per heavy atom. The van der Waals surface area contributed by atoms with Gasteiger partial charge < -0.3 is 19.2 Å². The topological polar surface area (TPSA) is 90.7 Å². The molecule has 1 amide bonds. The number of carbonyl (C=O) groups is 2. The molecule has 0 saturated carbocycles. The Morgan fingerprint density at radius 2 is 2.06 bits per heavy atom. The van der Waals surface area contributed by atoms with Crippen molar-refractivity contribution in [1.29, 1.82) is 0 Å². The molecule has 1 aliphatic carbocycles. The van der Waals surface area contributed by atoms with Crippen LogP contribution in [0.3, 0.4) is 0 Å². The average molecular weight is 420 g/mol. The fourth-order valence-electron chi connectivity index (χ4n) is 3.75. The zero-order valence-corrected chi connectivity index (χ0v) is 17.5. The largest absolute Gasteiger partial charge is 0.465 e. The van der Waals surface area contributed by atoms with Gasteiger partial charge >= 0.3 is 5.97 Å². The van der Waals surface area contributed by atoms with Crippen molar-refractivity contribution < 1.29 is 23.5 Å². The van der Waals surface area contributed by atoms with Gasteiger partial charge in [-0.05, 0) is 55.2 Å². The molecule has 0 fully saturated rings. The van der Waals surface area contributed by atoms with Crippen LogP contribution in [-0.2, 0) is 20.7 Å². The van der Waals surface area contributed by atoms with Crippen molar-refractivity contribution in [2.24, 2.45) is 0 Å². The maximum absolute atomic E-state index is 13.2. The van der Waals surface area contributed by atoms with Crippen LogP contribution in [0.15, 0.2) is 47.1 Å². The van der Waals surface area contributed by atoms with Gasteiger partial charge in [0.25, 0.3) is 5.91 Å². The molecule has 160 valence electrons. The lowest BCUT2D eigenvalue weighted by atomic mass is 10.0. The molecule has 0 bridgehead atoms. The van der Waals surface area contributed by atoms with Crippen molar-refractivity contribution >= 4 is 34.4 Å². The number of pyridine rings is 1. The number of hydrogen-bond acceptors (Lipinski definition) is 6. The van der Waals surface area contributed by atoms with Gasteiger partial charge in [-0.25, -0.2) is 9.78 Å². The van der Waals surface area contributed by atoms with Gasteiger partial charge in [-0.3, -0.25) is 4.79 Å². The predicted molar refractivity (Wildman–Crippen MR) is 116 cm³/mol. The standard InChI is InChI=1S/C24H24N2O5/c1-15(23(27)25-11-13-29-2)31-24(28)21-18-7-3-4-8-20(18)26-22-16(9-10-19(21)22)14-17-6-5-12-30-17/h3-8,12,14-15H,9-11,13H2,1-2H3,(H,25,27)/b16-14+/t15-/m0/s1. The minimum absolute atomic E-state index is 0.353. The summed E-state index contributed by atoms with van der Waals surface area (Å²) < 4.78 is 15.9. The maximum atomic E-state index is 13.2. The van der Waals surface area contributed by atoms with E-state index in [1.807, 2.05) is 42.5 Å². The van der Waals surface area contributed by atoms with E-state index in [9.17, 15) is 9.59 Å². The van der Waals surface area contributed by atoms with Gasteiger partial charge in [0.1, 0.15) is 5.76 Å². The molecule has 0 saturated heterocycles. The summed E-state index contributed by atoms with van der Waals surface area (Å²) in [5.41, 5.74) is 3.81. The molecule has 1 aliphatic rings. The van der Waals surface area contributed by atoms with E-state index < -0.39 is 12.1 Å². The van der Waals surface area contributed by atoms with Crippen molar-refractivity contribution in [2.45, 2.75) is 25.9 Å². The first-order chi connectivity index (χ1) is 15.1. The van der Waals surface area contributed by atoms with Gasteiger partial charge in [0.2, 0.25) is 0 Å². The lowest BCUT2D eigenvalue weighted by Gasteiger charge is -2.16. The quantitative estimate of drug-likeness (QED) is 0.464. The van der Waals surface area contributed by atoms with Gasteiger partial charge in [0.15, 0.2) is 6.10 Å². The summed E-state index contributed by atoms with van der Waals surface area (Å²) in [6.45, 7) is 2.30. The molecule has 2 aromatic heterocycles.